The average Bonchev–Trinajstić information content (AvgIpc) is 2.81. The number of amides is 3. The topological polar surface area (TPSA) is 79.4 Å². The summed E-state index contributed by atoms with van der Waals surface area (Å²) in [5.41, 5.74) is 1.46. The van der Waals surface area contributed by atoms with Gasteiger partial charge in [-0.2, -0.15) is 0 Å². The van der Waals surface area contributed by atoms with Crippen molar-refractivity contribution in [3.05, 3.63) is 65.5 Å². The Morgan fingerprint density at radius 3 is 2.57 bits per heavy atom. The van der Waals surface area contributed by atoms with Gasteiger partial charge in [-0.05, 0) is 24.1 Å². The second kappa shape index (κ2) is 6.39. The van der Waals surface area contributed by atoms with Crippen LogP contribution in [-0.2, 0) is 11.2 Å². The molecule has 1 N–H and O–H groups in total. The lowest BCUT2D eigenvalue weighted by Crippen LogP contribution is -2.40. The summed E-state index contributed by atoms with van der Waals surface area (Å²) in [7, 11) is 0. The zero-order chi connectivity index (χ0) is 16.2. The molecule has 0 spiro atoms. The SMILES string of the molecule is O=C(CN1C(=O)c2cccnc2C1=O)NCCc1ccccc1. The Morgan fingerprint density at radius 1 is 1.04 bits per heavy atom. The summed E-state index contributed by atoms with van der Waals surface area (Å²) in [6.45, 7) is 0.160. The largest absolute Gasteiger partial charge is 0.354 e. The summed E-state index contributed by atoms with van der Waals surface area (Å²) >= 11 is 0. The molecule has 1 aliphatic rings. The molecule has 2 aromatic rings. The maximum Gasteiger partial charge on any atom is 0.280 e. The van der Waals surface area contributed by atoms with E-state index in [4.69, 9.17) is 0 Å². The van der Waals surface area contributed by atoms with E-state index in [0.717, 1.165) is 10.5 Å². The molecule has 0 bridgehead atoms. The van der Waals surface area contributed by atoms with Crippen molar-refractivity contribution in [2.45, 2.75) is 6.42 Å². The van der Waals surface area contributed by atoms with Crippen molar-refractivity contribution in [1.29, 1.82) is 0 Å². The second-order valence-corrected chi connectivity index (χ2v) is 5.18. The van der Waals surface area contributed by atoms with E-state index in [2.05, 4.69) is 10.3 Å². The van der Waals surface area contributed by atoms with E-state index in [1.54, 1.807) is 6.07 Å². The first-order valence-electron chi connectivity index (χ1n) is 7.28. The van der Waals surface area contributed by atoms with Gasteiger partial charge in [-0.3, -0.25) is 24.3 Å². The Balaban J connectivity index is 1.55. The molecule has 116 valence electrons. The molecule has 1 aliphatic heterocycles. The molecule has 0 fully saturated rings. The van der Waals surface area contributed by atoms with Crippen LogP contribution in [-0.4, -0.2) is 40.7 Å². The van der Waals surface area contributed by atoms with Crippen molar-refractivity contribution in [1.82, 2.24) is 15.2 Å². The average molecular weight is 309 g/mol. The fourth-order valence-corrected chi connectivity index (χ4v) is 2.45. The fourth-order valence-electron chi connectivity index (χ4n) is 2.45. The molecule has 0 saturated heterocycles. The molecule has 3 rings (SSSR count). The van der Waals surface area contributed by atoms with Gasteiger partial charge in [-0.25, -0.2) is 0 Å². The van der Waals surface area contributed by atoms with E-state index in [0.29, 0.717) is 13.0 Å². The standard InChI is InChI=1S/C17H15N3O3/c21-14(18-10-8-12-5-2-1-3-6-12)11-20-16(22)13-7-4-9-19-15(13)17(20)23/h1-7,9H,8,10-11H2,(H,18,21). The Hall–Kier alpha value is -3.02. The highest BCUT2D eigenvalue weighted by atomic mass is 16.2. The lowest BCUT2D eigenvalue weighted by Gasteiger charge is -2.13. The molecule has 1 aromatic carbocycles. The molecule has 6 heteroatoms. The van der Waals surface area contributed by atoms with Crippen LogP contribution in [0, 0.1) is 0 Å². The number of pyridine rings is 1. The monoisotopic (exact) mass is 309 g/mol. The Kier molecular flexibility index (Phi) is 4.14. The van der Waals surface area contributed by atoms with Gasteiger partial charge in [-0.1, -0.05) is 30.3 Å². The molecular weight excluding hydrogens is 294 g/mol. The number of aromatic nitrogens is 1. The van der Waals surface area contributed by atoms with Crippen LogP contribution >= 0.6 is 0 Å². The van der Waals surface area contributed by atoms with Crippen LogP contribution < -0.4 is 5.32 Å². The van der Waals surface area contributed by atoms with Crippen LogP contribution in [0.1, 0.15) is 26.4 Å². The first-order chi connectivity index (χ1) is 11.2. The van der Waals surface area contributed by atoms with Gasteiger partial charge in [0.05, 0.1) is 5.56 Å². The molecule has 0 saturated carbocycles. The summed E-state index contributed by atoms with van der Waals surface area (Å²) in [5, 5.41) is 2.72. The third-order valence-corrected chi connectivity index (χ3v) is 3.61. The normalized spacial score (nSPS) is 13.1. The third kappa shape index (κ3) is 3.11. The van der Waals surface area contributed by atoms with E-state index in [1.807, 2.05) is 30.3 Å². The number of hydrogen-bond donors (Lipinski definition) is 1. The lowest BCUT2D eigenvalue weighted by molar-refractivity contribution is -0.121. The summed E-state index contributed by atoms with van der Waals surface area (Å²) in [5.74, 6) is -1.37. The van der Waals surface area contributed by atoms with Crippen LogP contribution in [0.3, 0.4) is 0 Å². The van der Waals surface area contributed by atoms with Crippen LogP contribution in [0.5, 0.6) is 0 Å². The zero-order valence-electron chi connectivity index (χ0n) is 12.4. The van der Waals surface area contributed by atoms with Crippen molar-refractivity contribution in [2.24, 2.45) is 0 Å². The summed E-state index contributed by atoms with van der Waals surface area (Å²) in [6.07, 6.45) is 2.14. The highest BCUT2D eigenvalue weighted by Gasteiger charge is 2.37. The molecule has 2 heterocycles. The lowest BCUT2D eigenvalue weighted by atomic mass is 10.1. The highest BCUT2D eigenvalue weighted by Crippen LogP contribution is 2.19. The van der Waals surface area contributed by atoms with E-state index in [9.17, 15) is 14.4 Å². The molecule has 0 aliphatic carbocycles. The maximum absolute atomic E-state index is 12.1. The molecule has 0 unspecified atom stereocenters. The van der Waals surface area contributed by atoms with E-state index in [1.165, 1.54) is 12.3 Å². The third-order valence-electron chi connectivity index (χ3n) is 3.61. The minimum absolute atomic E-state index is 0.106. The number of carbonyl (C=O) groups excluding carboxylic acids is 3. The Labute approximate surface area is 133 Å². The highest BCUT2D eigenvalue weighted by molar-refractivity contribution is 6.21. The molecule has 23 heavy (non-hydrogen) atoms. The number of nitrogens with one attached hydrogen (secondary N) is 1. The van der Waals surface area contributed by atoms with Crippen LogP contribution in [0.25, 0.3) is 0 Å². The molecular formula is C17H15N3O3. The molecule has 3 amide bonds. The Morgan fingerprint density at radius 2 is 1.83 bits per heavy atom. The van der Waals surface area contributed by atoms with Crippen molar-refractivity contribution >= 4 is 17.7 Å². The first kappa shape index (κ1) is 14.9. The van der Waals surface area contributed by atoms with Crippen molar-refractivity contribution in [2.75, 3.05) is 13.1 Å². The number of benzene rings is 1. The van der Waals surface area contributed by atoms with E-state index >= 15 is 0 Å². The number of carbonyl (C=O) groups is 3. The number of hydrogen-bond acceptors (Lipinski definition) is 4. The van der Waals surface area contributed by atoms with Gasteiger partial charge in [0.25, 0.3) is 11.8 Å². The maximum atomic E-state index is 12.1. The quantitative estimate of drug-likeness (QED) is 0.837. The van der Waals surface area contributed by atoms with Crippen LogP contribution in [0.4, 0.5) is 0 Å². The zero-order valence-corrected chi connectivity index (χ0v) is 12.4. The fraction of sp³-hybridized carbons (Fsp3) is 0.176. The number of imide groups is 1. The predicted octanol–water partition coefficient (Wildman–Crippen LogP) is 1.04. The first-order valence-corrected chi connectivity index (χ1v) is 7.28. The molecule has 6 nitrogen and oxygen atoms in total. The Bertz CT molecular complexity index is 724. The number of nitrogens with zero attached hydrogens (tertiary/aromatic N) is 2. The van der Waals surface area contributed by atoms with E-state index < -0.39 is 11.8 Å². The van der Waals surface area contributed by atoms with Gasteiger partial charge < -0.3 is 5.32 Å². The number of fused-ring (bicyclic) bond motifs is 1. The van der Waals surface area contributed by atoms with Gasteiger partial charge in [0.15, 0.2) is 0 Å². The minimum Gasteiger partial charge on any atom is -0.354 e. The second-order valence-electron chi connectivity index (χ2n) is 5.18. The van der Waals surface area contributed by atoms with Crippen LogP contribution in [0.2, 0.25) is 0 Å². The summed E-state index contributed by atoms with van der Waals surface area (Å²) in [6, 6.07) is 12.9. The molecule has 0 radical (unpaired) electrons. The van der Waals surface area contributed by atoms with Crippen molar-refractivity contribution in [3.63, 3.8) is 0 Å². The van der Waals surface area contributed by atoms with Crippen molar-refractivity contribution in [3.8, 4) is 0 Å². The van der Waals surface area contributed by atoms with Gasteiger partial charge in [0.1, 0.15) is 12.2 Å². The van der Waals surface area contributed by atoms with Gasteiger partial charge in [0, 0.05) is 12.7 Å². The van der Waals surface area contributed by atoms with Crippen LogP contribution in [0.15, 0.2) is 48.7 Å². The van der Waals surface area contributed by atoms with Gasteiger partial charge in [0.2, 0.25) is 5.91 Å². The van der Waals surface area contributed by atoms with E-state index in [-0.39, 0.29) is 23.7 Å². The molecule has 1 aromatic heterocycles. The van der Waals surface area contributed by atoms with Gasteiger partial charge in [-0.15, -0.1) is 0 Å². The van der Waals surface area contributed by atoms with Crippen molar-refractivity contribution < 1.29 is 14.4 Å². The smallest absolute Gasteiger partial charge is 0.280 e. The minimum atomic E-state index is -0.524. The predicted molar refractivity (Wildman–Crippen MR) is 82.8 cm³/mol. The summed E-state index contributed by atoms with van der Waals surface area (Å²) in [4.78, 5) is 41.0. The summed E-state index contributed by atoms with van der Waals surface area (Å²) < 4.78 is 0. The molecule has 0 atom stereocenters. The number of rotatable bonds is 5. The van der Waals surface area contributed by atoms with Gasteiger partial charge >= 0.3 is 0 Å².